The number of hydrogen-bond acceptors (Lipinski definition) is 1. The van der Waals surface area contributed by atoms with Gasteiger partial charge in [0, 0.05) is 16.6 Å². The fourth-order valence-corrected chi connectivity index (χ4v) is 2.86. The van der Waals surface area contributed by atoms with Crippen LogP contribution in [0.1, 0.15) is 17.3 Å². The van der Waals surface area contributed by atoms with E-state index in [9.17, 15) is 0 Å². The lowest BCUT2D eigenvalue weighted by atomic mass is 10.0. The van der Waals surface area contributed by atoms with Crippen molar-refractivity contribution in [2.24, 2.45) is 0 Å². The Balaban J connectivity index is 2.21. The average Bonchev–Trinajstić information content (AvgIpc) is 2.67. The number of rotatable bonds is 1. The maximum absolute atomic E-state index is 5.99. The van der Waals surface area contributed by atoms with Crippen LogP contribution in [0, 0.1) is 0 Å². The van der Waals surface area contributed by atoms with Crippen LogP contribution >= 0.6 is 23.2 Å². The summed E-state index contributed by atoms with van der Waals surface area (Å²) in [6, 6.07) is 8.34. The first-order valence-corrected chi connectivity index (χ1v) is 6.25. The van der Waals surface area contributed by atoms with E-state index in [0.717, 1.165) is 24.2 Å². The van der Waals surface area contributed by atoms with Crippen LogP contribution in [-0.4, -0.2) is 16.4 Å². The van der Waals surface area contributed by atoms with Crippen LogP contribution in [0.25, 0.3) is 10.9 Å². The summed E-state index contributed by atoms with van der Waals surface area (Å²) in [6.45, 7) is 0.926. The first-order chi connectivity index (χ1) is 7.77. The highest BCUT2D eigenvalue weighted by atomic mass is 35.5. The average molecular weight is 255 g/mol. The molecule has 2 heterocycles. The molecule has 0 aliphatic carbocycles. The zero-order valence-electron chi connectivity index (χ0n) is 8.63. The Morgan fingerprint density at radius 2 is 2.06 bits per heavy atom. The molecule has 0 spiro atoms. The van der Waals surface area contributed by atoms with Crippen molar-refractivity contribution in [2.45, 2.75) is 17.3 Å². The molecule has 4 heteroatoms. The summed E-state index contributed by atoms with van der Waals surface area (Å²) in [5.74, 6) is 0. The molecule has 2 aromatic rings. The molecule has 0 saturated carbocycles. The van der Waals surface area contributed by atoms with Gasteiger partial charge in [0.25, 0.3) is 0 Å². The number of fused-ring (bicyclic) bond motifs is 3. The van der Waals surface area contributed by atoms with Gasteiger partial charge in [-0.3, -0.25) is 0 Å². The number of H-pyrrole nitrogens is 1. The van der Waals surface area contributed by atoms with Gasteiger partial charge >= 0.3 is 0 Å². The van der Waals surface area contributed by atoms with Gasteiger partial charge in [0.1, 0.15) is 4.84 Å². The minimum Gasteiger partial charge on any atom is -0.357 e. The maximum Gasteiger partial charge on any atom is 0.128 e. The number of alkyl halides is 2. The maximum atomic E-state index is 5.99. The van der Waals surface area contributed by atoms with Crippen molar-refractivity contribution in [1.29, 1.82) is 0 Å². The molecule has 0 radical (unpaired) electrons. The molecule has 1 unspecified atom stereocenters. The van der Waals surface area contributed by atoms with Crippen molar-refractivity contribution >= 4 is 34.1 Å². The summed E-state index contributed by atoms with van der Waals surface area (Å²) in [5, 5.41) is 4.63. The van der Waals surface area contributed by atoms with E-state index in [2.05, 4.69) is 28.5 Å². The molecule has 2 nitrogen and oxygen atoms in total. The van der Waals surface area contributed by atoms with Crippen LogP contribution in [0.3, 0.4) is 0 Å². The molecule has 0 saturated heterocycles. The third kappa shape index (κ3) is 1.53. The molecular formula is C12H12Cl2N2. The first-order valence-electron chi connectivity index (χ1n) is 5.38. The van der Waals surface area contributed by atoms with Crippen LogP contribution in [0.5, 0.6) is 0 Å². The second kappa shape index (κ2) is 3.95. The largest absolute Gasteiger partial charge is 0.357 e. The van der Waals surface area contributed by atoms with Gasteiger partial charge in [-0.25, -0.2) is 0 Å². The van der Waals surface area contributed by atoms with Crippen molar-refractivity contribution in [1.82, 2.24) is 10.3 Å². The Bertz CT molecular complexity index is 519. The number of aromatic amines is 1. The molecule has 1 aliphatic heterocycles. The zero-order chi connectivity index (χ0) is 11.1. The van der Waals surface area contributed by atoms with Crippen molar-refractivity contribution in [3.8, 4) is 0 Å². The molecule has 1 aromatic carbocycles. The van der Waals surface area contributed by atoms with E-state index in [4.69, 9.17) is 23.2 Å². The van der Waals surface area contributed by atoms with Gasteiger partial charge < -0.3 is 10.3 Å². The second-order valence-electron chi connectivity index (χ2n) is 4.08. The minimum absolute atomic E-state index is 0.0134. The lowest BCUT2D eigenvalue weighted by Crippen LogP contribution is -2.33. The fourth-order valence-electron chi connectivity index (χ4n) is 2.43. The van der Waals surface area contributed by atoms with Gasteiger partial charge in [0.15, 0.2) is 0 Å². The molecule has 0 bridgehead atoms. The van der Waals surface area contributed by atoms with E-state index in [1.54, 1.807) is 0 Å². The van der Waals surface area contributed by atoms with Crippen molar-refractivity contribution in [3.05, 3.63) is 35.5 Å². The van der Waals surface area contributed by atoms with Gasteiger partial charge in [-0.1, -0.05) is 18.2 Å². The number of aromatic nitrogens is 1. The number of para-hydroxylation sites is 1. The van der Waals surface area contributed by atoms with Crippen LogP contribution in [-0.2, 0) is 6.42 Å². The lowest BCUT2D eigenvalue weighted by Gasteiger charge is -2.25. The van der Waals surface area contributed by atoms with E-state index < -0.39 is 4.84 Å². The summed E-state index contributed by atoms with van der Waals surface area (Å²) in [6.07, 6.45) is 1.02. The summed E-state index contributed by atoms with van der Waals surface area (Å²) in [5.41, 5.74) is 3.66. The predicted molar refractivity (Wildman–Crippen MR) is 68.2 cm³/mol. The Kier molecular flexibility index (Phi) is 2.58. The summed E-state index contributed by atoms with van der Waals surface area (Å²) < 4.78 is 0. The van der Waals surface area contributed by atoms with Crippen LogP contribution < -0.4 is 5.32 Å². The molecule has 0 fully saturated rings. The molecule has 1 aliphatic rings. The molecule has 84 valence electrons. The molecular weight excluding hydrogens is 243 g/mol. The van der Waals surface area contributed by atoms with Gasteiger partial charge in [0.05, 0.1) is 6.04 Å². The van der Waals surface area contributed by atoms with Gasteiger partial charge in [0.2, 0.25) is 0 Å². The fraction of sp³-hybridized carbons (Fsp3) is 0.333. The monoisotopic (exact) mass is 254 g/mol. The van der Waals surface area contributed by atoms with E-state index in [-0.39, 0.29) is 6.04 Å². The highest BCUT2D eigenvalue weighted by molar-refractivity contribution is 6.44. The highest BCUT2D eigenvalue weighted by Crippen LogP contribution is 2.33. The molecule has 1 atom stereocenters. The molecule has 1 aromatic heterocycles. The van der Waals surface area contributed by atoms with Gasteiger partial charge in [-0.15, -0.1) is 23.2 Å². The topological polar surface area (TPSA) is 27.8 Å². The molecule has 3 rings (SSSR count). The third-order valence-electron chi connectivity index (χ3n) is 3.15. The van der Waals surface area contributed by atoms with E-state index >= 15 is 0 Å². The van der Waals surface area contributed by atoms with Crippen molar-refractivity contribution < 1.29 is 0 Å². The van der Waals surface area contributed by atoms with Crippen LogP contribution in [0.15, 0.2) is 24.3 Å². The summed E-state index contributed by atoms with van der Waals surface area (Å²) in [7, 11) is 0. The summed E-state index contributed by atoms with van der Waals surface area (Å²) >= 11 is 12.0. The first kappa shape index (κ1) is 10.5. The number of nitrogens with one attached hydrogen (secondary N) is 2. The Labute approximate surface area is 104 Å². The Morgan fingerprint density at radius 3 is 2.88 bits per heavy atom. The lowest BCUT2D eigenvalue weighted by molar-refractivity contribution is 0.522. The third-order valence-corrected chi connectivity index (χ3v) is 3.65. The standard InChI is InChI=1S/C12H12Cl2N2/c13-12(14)11-10-8(5-6-15-11)7-3-1-2-4-9(7)16-10/h1-4,11-12,15-16H,5-6H2. The molecule has 0 amide bonds. The Morgan fingerprint density at radius 1 is 1.25 bits per heavy atom. The Hall–Kier alpha value is -0.700. The molecule has 2 N–H and O–H groups in total. The van der Waals surface area contributed by atoms with E-state index in [1.807, 2.05) is 6.07 Å². The highest BCUT2D eigenvalue weighted by Gasteiger charge is 2.27. The zero-order valence-corrected chi connectivity index (χ0v) is 10.1. The predicted octanol–water partition coefficient (Wildman–Crippen LogP) is 3.16. The normalized spacial score (nSPS) is 20.3. The SMILES string of the molecule is ClC(Cl)C1NCCc2c1[nH]c1ccccc21. The number of halogens is 2. The van der Waals surface area contributed by atoms with Crippen LogP contribution in [0.4, 0.5) is 0 Å². The number of benzene rings is 1. The summed E-state index contributed by atoms with van der Waals surface area (Å²) in [4.78, 5) is 2.99. The van der Waals surface area contributed by atoms with Crippen molar-refractivity contribution in [3.63, 3.8) is 0 Å². The van der Waals surface area contributed by atoms with Crippen LogP contribution in [0.2, 0.25) is 0 Å². The smallest absolute Gasteiger partial charge is 0.128 e. The van der Waals surface area contributed by atoms with E-state index in [0.29, 0.717) is 0 Å². The second-order valence-corrected chi connectivity index (χ2v) is 5.24. The van der Waals surface area contributed by atoms with E-state index in [1.165, 1.54) is 10.9 Å². The van der Waals surface area contributed by atoms with Gasteiger partial charge in [-0.2, -0.15) is 0 Å². The minimum atomic E-state index is -0.424. The molecule has 16 heavy (non-hydrogen) atoms. The van der Waals surface area contributed by atoms with Crippen molar-refractivity contribution in [2.75, 3.05) is 6.54 Å². The quantitative estimate of drug-likeness (QED) is 0.752. The number of hydrogen-bond donors (Lipinski definition) is 2. The van der Waals surface area contributed by atoms with Gasteiger partial charge in [-0.05, 0) is 24.6 Å².